The number of ether oxygens (including phenoxy) is 2. The van der Waals surface area contributed by atoms with Gasteiger partial charge in [-0.15, -0.1) is 0 Å². The summed E-state index contributed by atoms with van der Waals surface area (Å²) in [5.41, 5.74) is 6.98. The van der Waals surface area contributed by atoms with E-state index in [0.717, 1.165) is 17.0 Å². The first-order chi connectivity index (χ1) is 10.3. The Kier molecular flexibility index (Phi) is 4.78. The molecule has 1 unspecified atom stereocenters. The smallest absolute Gasteiger partial charge is 0.270 e. The lowest BCUT2D eigenvalue weighted by Crippen LogP contribution is -2.53. The Morgan fingerprint density at radius 3 is 2.64 bits per heavy atom. The second-order valence-corrected chi connectivity index (χ2v) is 6.71. The third-order valence-corrected chi connectivity index (χ3v) is 3.72. The topological polar surface area (TPSA) is 64.8 Å². The number of rotatable bonds is 5. The van der Waals surface area contributed by atoms with Gasteiger partial charge in [-0.3, -0.25) is 4.79 Å². The molecular weight excluding hydrogens is 280 g/mol. The summed E-state index contributed by atoms with van der Waals surface area (Å²) < 4.78 is 11.0. The Hall–Kier alpha value is -1.59. The van der Waals surface area contributed by atoms with Crippen LogP contribution in [0.4, 0.5) is 5.69 Å². The van der Waals surface area contributed by atoms with E-state index in [2.05, 4.69) is 13.8 Å². The number of carbonyl (C=O) groups is 1. The second kappa shape index (κ2) is 6.26. The largest absolute Gasteiger partial charge is 0.476 e. The van der Waals surface area contributed by atoms with Gasteiger partial charge in [0.05, 0.1) is 18.3 Å². The Bertz CT molecular complexity index is 555. The van der Waals surface area contributed by atoms with Crippen molar-refractivity contribution in [2.24, 2.45) is 11.7 Å². The van der Waals surface area contributed by atoms with Gasteiger partial charge < -0.3 is 20.1 Å². The molecule has 0 saturated carbocycles. The van der Waals surface area contributed by atoms with Gasteiger partial charge in [-0.2, -0.15) is 0 Å². The number of carbonyl (C=O) groups excluding carboxylic acids is 1. The standard InChI is InChI=1S/C17H26N2O3/c1-11(2)9-19-14-8-12(13(18)10-21-5)6-7-15(14)22-17(3,4)16(19)20/h6-8,11,13H,9-10,18H2,1-5H3. The Morgan fingerprint density at radius 1 is 1.36 bits per heavy atom. The minimum absolute atomic E-state index is 0.0221. The van der Waals surface area contributed by atoms with Crippen molar-refractivity contribution < 1.29 is 14.3 Å². The van der Waals surface area contributed by atoms with Crippen molar-refractivity contribution >= 4 is 11.6 Å². The lowest BCUT2D eigenvalue weighted by Gasteiger charge is -2.39. The highest BCUT2D eigenvalue weighted by Crippen LogP contribution is 2.39. The van der Waals surface area contributed by atoms with Crippen LogP contribution in [0, 0.1) is 5.92 Å². The zero-order chi connectivity index (χ0) is 16.5. The van der Waals surface area contributed by atoms with Crippen LogP contribution in [0.3, 0.4) is 0 Å². The van der Waals surface area contributed by atoms with Gasteiger partial charge in [-0.05, 0) is 37.5 Å². The van der Waals surface area contributed by atoms with Crippen LogP contribution in [0.25, 0.3) is 0 Å². The summed E-state index contributed by atoms with van der Waals surface area (Å²) >= 11 is 0. The van der Waals surface area contributed by atoms with Gasteiger partial charge in [0.15, 0.2) is 5.60 Å². The summed E-state index contributed by atoms with van der Waals surface area (Å²) in [4.78, 5) is 14.5. The first-order valence-electron chi connectivity index (χ1n) is 7.65. The van der Waals surface area contributed by atoms with Crippen LogP contribution in [0.5, 0.6) is 5.75 Å². The maximum Gasteiger partial charge on any atom is 0.270 e. The van der Waals surface area contributed by atoms with Gasteiger partial charge in [0.2, 0.25) is 0 Å². The van der Waals surface area contributed by atoms with Gasteiger partial charge in [-0.25, -0.2) is 0 Å². The van der Waals surface area contributed by atoms with Gasteiger partial charge >= 0.3 is 0 Å². The summed E-state index contributed by atoms with van der Waals surface area (Å²) in [5, 5.41) is 0. The van der Waals surface area contributed by atoms with E-state index in [-0.39, 0.29) is 11.9 Å². The van der Waals surface area contributed by atoms with Crippen LogP contribution < -0.4 is 15.4 Å². The van der Waals surface area contributed by atoms with Gasteiger partial charge in [0, 0.05) is 13.7 Å². The number of fused-ring (bicyclic) bond motifs is 1. The summed E-state index contributed by atoms with van der Waals surface area (Å²) in [5.74, 6) is 1.06. The first kappa shape index (κ1) is 16.8. The fraction of sp³-hybridized carbons (Fsp3) is 0.588. The SMILES string of the molecule is COCC(N)c1ccc2c(c1)N(CC(C)C)C(=O)C(C)(C)O2. The molecule has 5 nitrogen and oxygen atoms in total. The molecule has 5 heteroatoms. The number of anilines is 1. The predicted molar refractivity (Wildman–Crippen MR) is 87.1 cm³/mol. The third kappa shape index (κ3) is 3.25. The molecule has 2 N–H and O–H groups in total. The molecular formula is C17H26N2O3. The molecule has 0 fully saturated rings. The van der Waals surface area contributed by atoms with Crippen molar-refractivity contribution in [1.82, 2.24) is 0 Å². The Morgan fingerprint density at radius 2 is 2.05 bits per heavy atom. The van der Waals surface area contributed by atoms with Crippen LogP contribution in [-0.4, -0.2) is 31.8 Å². The molecule has 0 spiro atoms. The van der Waals surface area contributed by atoms with E-state index in [9.17, 15) is 4.79 Å². The summed E-state index contributed by atoms with van der Waals surface area (Å²) in [6.45, 7) is 8.88. The molecule has 1 aliphatic rings. The molecule has 0 bridgehead atoms. The van der Waals surface area contributed by atoms with Crippen molar-refractivity contribution in [2.45, 2.75) is 39.3 Å². The fourth-order valence-electron chi connectivity index (χ4n) is 2.64. The fourth-order valence-corrected chi connectivity index (χ4v) is 2.64. The Labute approximate surface area is 132 Å². The van der Waals surface area contributed by atoms with Crippen LogP contribution in [0.15, 0.2) is 18.2 Å². The molecule has 2 rings (SSSR count). The molecule has 0 aromatic heterocycles. The van der Waals surface area contributed by atoms with Crippen molar-refractivity contribution in [3.8, 4) is 5.75 Å². The third-order valence-electron chi connectivity index (χ3n) is 3.72. The van der Waals surface area contributed by atoms with Crippen LogP contribution in [-0.2, 0) is 9.53 Å². The van der Waals surface area contributed by atoms with E-state index in [0.29, 0.717) is 19.1 Å². The number of hydrogen-bond donors (Lipinski definition) is 1. The van der Waals surface area contributed by atoms with Gasteiger partial charge in [-0.1, -0.05) is 19.9 Å². The van der Waals surface area contributed by atoms with Crippen molar-refractivity contribution in [2.75, 3.05) is 25.2 Å². The number of benzene rings is 1. The molecule has 0 saturated heterocycles. The number of nitrogens with two attached hydrogens (primary N) is 1. The average Bonchev–Trinajstić information content (AvgIpc) is 2.43. The first-order valence-corrected chi connectivity index (χ1v) is 7.65. The molecule has 1 atom stereocenters. The highest BCUT2D eigenvalue weighted by molar-refractivity contribution is 6.02. The molecule has 1 amide bonds. The number of methoxy groups -OCH3 is 1. The molecule has 1 aromatic rings. The maximum absolute atomic E-state index is 12.7. The molecule has 1 aliphatic heterocycles. The normalized spacial score (nSPS) is 18.1. The highest BCUT2D eigenvalue weighted by Gasteiger charge is 2.41. The van der Waals surface area contributed by atoms with Crippen molar-refractivity contribution in [3.05, 3.63) is 23.8 Å². The molecule has 122 valence electrons. The lowest BCUT2D eigenvalue weighted by atomic mass is 9.99. The quantitative estimate of drug-likeness (QED) is 0.907. The van der Waals surface area contributed by atoms with E-state index in [1.807, 2.05) is 23.1 Å². The molecule has 1 aromatic carbocycles. The Balaban J connectivity index is 2.44. The van der Waals surface area contributed by atoms with Gasteiger partial charge in [0.1, 0.15) is 5.75 Å². The average molecular weight is 306 g/mol. The molecule has 22 heavy (non-hydrogen) atoms. The monoisotopic (exact) mass is 306 g/mol. The molecule has 0 aliphatic carbocycles. The van der Waals surface area contributed by atoms with Crippen molar-refractivity contribution in [1.29, 1.82) is 0 Å². The summed E-state index contributed by atoms with van der Waals surface area (Å²) in [6, 6.07) is 5.54. The highest BCUT2D eigenvalue weighted by atomic mass is 16.5. The number of amides is 1. The zero-order valence-corrected chi connectivity index (χ0v) is 14.1. The van der Waals surface area contributed by atoms with E-state index in [4.69, 9.17) is 15.2 Å². The minimum Gasteiger partial charge on any atom is -0.476 e. The van der Waals surface area contributed by atoms with E-state index < -0.39 is 5.60 Å². The lowest BCUT2D eigenvalue weighted by molar-refractivity contribution is -0.132. The maximum atomic E-state index is 12.7. The van der Waals surface area contributed by atoms with E-state index in [1.165, 1.54) is 0 Å². The molecule has 1 heterocycles. The van der Waals surface area contributed by atoms with Crippen LogP contribution in [0.1, 0.15) is 39.3 Å². The number of nitrogens with zero attached hydrogens (tertiary/aromatic N) is 1. The number of hydrogen-bond acceptors (Lipinski definition) is 4. The molecule has 0 radical (unpaired) electrons. The zero-order valence-electron chi connectivity index (χ0n) is 14.1. The van der Waals surface area contributed by atoms with Crippen LogP contribution in [0.2, 0.25) is 0 Å². The summed E-state index contributed by atoms with van der Waals surface area (Å²) in [7, 11) is 1.62. The predicted octanol–water partition coefficient (Wildman–Crippen LogP) is 2.49. The summed E-state index contributed by atoms with van der Waals surface area (Å²) in [6.07, 6.45) is 0. The van der Waals surface area contributed by atoms with E-state index >= 15 is 0 Å². The van der Waals surface area contributed by atoms with Gasteiger partial charge in [0.25, 0.3) is 5.91 Å². The van der Waals surface area contributed by atoms with Crippen LogP contribution >= 0.6 is 0 Å². The van der Waals surface area contributed by atoms with Crippen molar-refractivity contribution in [3.63, 3.8) is 0 Å². The van der Waals surface area contributed by atoms with E-state index in [1.54, 1.807) is 21.0 Å². The second-order valence-electron chi connectivity index (χ2n) is 6.71. The minimum atomic E-state index is -0.849.